The summed E-state index contributed by atoms with van der Waals surface area (Å²) in [6.45, 7) is 1.83. The number of halogens is 1. The van der Waals surface area contributed by atoms with Gasteiger partial charge in [0.05, 0.1) is 0 Å². The van der Waals surface area contributed by atoms with Crippen LogP contribution in [0, 0.1) is 5.82 Å². The van der Waals surface area contributed by atoms with Crippen LogP contribution in [0.5, 0.6) is 5.75 Å². The van der Waals surface area contributed by atoms with Gasteiger partial charge in [-0.3, -0.25) is 20.4 Å². The number of amides is 2. The van der Waals surface area contributed by atoms with Crippen LogP contribution in [0.1, 0.15) is 18.1 Å². The van der Waals surface area contributed by atoms with Crippen molar-refractivity contribution in [3.8, 4) is 5.75 Å². The highest BCUT2D eigenvalue weighted by Gasteiger charge is 2.04. The third-order valence-electron chi connectivity index (χ3n) is 3.30. The summed E-state index contributed by atoms with van der Waals surface area (Å²) in [6, 6.07) is 13.2. The van der Waals surface area contributed by atoms with Crippen molar-refractivity contribution >= 4 is 17.9 Å². The van der Waals surface area contributed by atoms with E-state index in [1.807, 2.05) is 12.1 Å². The first kappa shape index (κ1) is 18.2. The lowest BCUT2D eigenvalue weighted by Crippen LogP contribution is -2.43. The molecular weight excluding hydrogens is 323 g/mol. The van der Waals surface area contributed by atoms with Crippen molar-refractivity contribution in [2.24, 2.45) is 0 Å². The first-order valence-electron chi connectivity index (χ1n) is 7.81. The third-order valence-corrected chi connectivity index (χ3v) is 3.30. The molecule has 0 bridgehead atoms. The molecule has 2 aromatic carbocycles. The Bertz CT molecular complexity index is 758. The number of nitrogens with one attached hydrogen (secondary N) is 2. The normalized spacial score (nSPS) is 10.5. The lowest BCUT2D eigenvalue weighted by Gasteiger charge is -2.08. The summed E-state index contributed by atoms with van der Waals surface area (Å²) < 4.78 is 18.3. The second-order valence-corrected chi connectivity index (χ2v) is 5.21. The molecule has 25 heavy (non-hydrogen) atoms. The SMILES string of the molecule is CCc1ccc(OCC(=O)NNC(=O)/C=C/c2cccc(F)c2)cc1. The Hall–Kier alpha value is -3.15. The molecule has 2 rings (SSSR count). The van der Waals surface area contributed by atoms with Gasteiger partial charge >= 0.3 is 0 Å². The Labute approximate surface area is 145 Å². The molecule has 0 aromatic heterocycles. The molecule has 0 aliphatic rings. The minimum atomic E-state index is -0.537. The summed E-state index contributed by atoms with van der Waals surface area (Å²) in [5.41, 5.74) is 6.17. The molecule has 0 spiro atoms. The number of hydrazine groups is 1. The van der Waals surface area contributed by atoms with E-state index < -0.39 is 11.8 Å². The topological polar surface area (TPSA) is 67.4 Å². The van der Waals surface area contributed by atoms with E-state index in [1.165, 1.54) is 29.8 Å². The van der Waals surface area contributed by atoms with E-state index in [0.29, 0.717) is 11.3 Å². The van der Waals surface area contributed by atoms with Crippen LogP contribution in [0.3, 0.4) is 0 Å². The molecule has 5 nitrogen and oxygen atoms in total. The maximum atomic E-state index is 13.0. The Morgan fingerprint density at radius 2 is 1.88 bits per heavy atom. The predicted octanol–water partition coefficient (Wildman–Crippen LogP) is 2.63. The summed E-state index contributed by atoms with van der Waals surface area (Å²) >= 11 is 0. The molecule has 0 aliphatic heterocycles. The number of carbonyl (C=O) groups is 2. The van der Waals surface area contributed by atoms with Crippen LogP contribution in [0.4, 0.5) is 4.39 Å². The first-order chi connectivity index (χ1) is 12.1. The van der Waals surface area contributed by atoms with Crippen molar-refractivity contribution in [1.29, 1.82) is 0 Å². The average molecular weight is 342 g/mol. The van der Waals surface area contributed by atoms with E-state index in [1.54, 1.807) is 24.3 Å². The molecule has 6 heteroatoms. The summed E-state index contributed by atoms with van der Waals surface area (Å²) in [5.74, 6) is -0.846. The molecule has 0 atom stereocenters. The molecule has 130 valence electrons. The Kier molecular flexibility index (Phi) is 6.71. The van der Waals surface area contributed by atoms with Crippen LogP contribution in [0.2, 0.25) is 0 Å². The van der Waals surface area contributed by atoms with Gasteiger partial charge in [0.1, 0.15) is 11.6 Å². The highest BCUT2D eigenvalue weighted by atomic mass is 19.1. The fraction of sp³-hybridized carbons (Fsp3) is 0.158. The standard InChI is InChI=1S/C19H19FN2O3/c1-2-14-6-9-17(10-7-14)25-13-19(24)22-21-18(23)11-8-15-4-3-5-16(20)12-15/h3-12H,2,13H2,1H3,(H,21,23)(H,22,24)/b11-8+. The summed E-state index contributed by atoms with van der Waals surface area (Å²) in [6.07, 6.45) is 3.56. The molecular formula is C19H19FN2O3. The lowest BCUT2D eigenvalue weighted by atomic mass is 10.2. The molecule has 0 aliphatic carbocycles. The van der Waals surface area contributed by atoms with Crippen molar-refractivity contribution in [3.05, 3.63) is 71.6 Å². The van der Waals surface area contributed by atoms with Crippen LogP contribution in [-0.4, -0.2) is 18.4 Å². The summed E-state index contributed by atoms with van der Waals surface area (Å²) in [4.78, 5) is 23.2. The minimum Gasteiger partial charge on any atom is -0.484 e. The number of aryl methyl sites for hydroxylation is 1. The van der Waals surface area contributed by atoms with Gasteiger partial charge in [-0.1, -0.05) is 31.2 Å². The zero-order valence-electron chi connectivity index (χ0n) is 13.8. The van der Waals surface area contributed by atoms with Crippen molar-refractivity contribution < 1.29 is 18.7 Å². The van der Waals surface area contributed by atoms with E-state index in [9.17, 15) is 14.0 Å². The number of carbonyl (C=O) groups excluding carboxylic acids is 2. The van der Waals surface area contributed by atoms with Crippen LogP contribution in [-0.2, 0) is 16.0 Å². The van der Waals surface area contributed by atoms with Crippen LogP contribution >= 0.6 is 0 Å². The Balaban J connectivity index is 1.72. The summed E-state index contributed by atoms with van der Waals surface area (Å²) in [5, 5.41) is 0. The van der Waals surface area contributed by atoms with Gasteiger partial charge in [0, 0.05) is 6.08 Å². The second kappa shape index (κ2) is 9.22. The fourth-order valence-corrected chi connectivity index (χ4v) is 1.96. The Morgan fingerprint density at radius 1 is 1.12 bits per heavy atom. The largest absolute Gasteiger partial charge is 0.484 e. The fourth-order valence-electron chi connectivity index (χ4n) is 1.96. The van der Waals surface area contributed by atoms with Crippen LogP contribution in [0.15, 0.2) is 54.6 Å². The number of rotatable bonds is 6. The van der Waals surface area contributed by atoms with E-state index in [0.717, 1.165) is 6.42 Å². The van der Waals surface area contributed by atoms with E-state index in [-0.39, 0.29) is 12.4 Å². The van der Waals surface area contributed by atoms with E-state index in [2.05, 4.69) is 17.8 Å². The molecule has 0 fully saturated rings. The van der Waals surface area contributed by atoms with E-state index >= 15 is 0 Å². The maximum Gasteiger partial charge on any atom is 0.276 e. The molecule has 0 unspecified atom stereocenters. The van der Waals surface area contributed by atoms with Gasteiger partial charge in [0.15, 0.2) is 6.61 Å². The van der Waals surface area contributed by atoms with E-state index in [4.69, 9.17) is 4.74 Å². The van der Waals surface area contributed by atoms with Gasteiger partial charge in [-0.15, -0.1) is 0 Å². The van der Waals surface area contributed by atoms with Gasteiger partial charge in [-0.25, -0.2) is 4.39 Å². The number of ether oxygens (including phenoxy) is 1. The van der Waals surface area contributed by atoms with Crippen LogP contribution < -0.4 is 15.6 Å². The third kappa shape index (κ3) is 6.47. The minimum absolute atomic E-state index is 0.223. The molecule has 0 saturated carbocycles. The van der Waals surface area contributed by atoms with Crippen molar-refractivity contribution in [3.63, 3.8) is 0 Å². The number of hydrogen-bond donors (Lipinski definition) is 2. The molecule has 2 N–H and O–H groups in total. The molecule has 0 saturated heterocycles. The van der Waals surface area contributed by atoms with Crippen molar-refractivity contribution in [1.82, 2.24) is 10.9 Å². The Morgan fingerprint density at radius 3 is 2.56 bits per heavy atom. The monoisotopic (exact) mass is 342 g/mol. The van der Waals surface area contributed by atoms with Crippen molar-refractivity contribution in [2.75, 3.05) is 6.61 Å². The molecule has 2 amide bonds. The second-order valence-electron chi connectivity index (χ2n) is 5.21. The average Bonchev–Trinajstić information content (AvgIpc) is 2.63. The summed E-state index contributed by atoms with van der Waals surface area (Å²) in [7, 11) is 0. The van der Waals surface area contributed by atoms with Gasteiger partial charge in [-0.05, 0) is 47.9 Å². The first-order valence-corrected chi connectivity index (χ1v) is 7.81. The highest BCUT2D eigenvalue weighted by Crippen LogP contribution is 2.12. The van der Waals surface area contributed by atoms with Gasteiger partial charge in [-0.2, -0.15) is 0 Å². The molecule has 0 heterocycles. The zero-order chi connectivity index (χ0) is 18.1. The zero-order valence-corrected chi connectivity index (χ0v) is 13.8. The number of hydrogen-bond acceptors (Lipinski definition) is 3. The van der Waals surface area contributed by atoms with Crippen LogP contribution in [0.25, 0.3) is 6.08 Å². The quantitative estimate of drug-likeness (QED) is 0.626. The predicted molar refractivity (Wildman–Crippen MR) is 93.0 cm³/mol. The molecule has 0 radical (unpaired) electrons. The molecule has 2 aromatic rings. The van der Waals surface area contributed by atoms with Gasteiger partial charge in [0.25, 0.3) is 11.8 Å². The van der Waals surface area contributed by atoms with Gasteiger partial charge in [0.2, 0.25) is 0 Å². The smallest absolute Gasteiger partial charge is 0.276 e. The lowest BCUT2D eigenvalue weighted by molar-refractivity contribution is -0.128. The maximum absolute atomic E-state index is 13.0. The highest BCUT2D eigenvalue weighted by molar-refractivity contribution is 5.93. The van der Waals surface area contributed by atoms with Crippen molar-refractivity contribution in [2.45, 2.75) is 13.3 Å². The van der Waals surface area contributed by atoms with Gasteiger partial charge < -0.3 is 4.74 Å². The number of benzene rings is 2.